The molecule has 0 radical (unpaired) electrons. The second kappa shape index (κ2) is 16.1. The van der Waals surface area contributed by atoms with Crippen LogP contribution < -0.4 is 25.0 Å². The van der Waals surface area contributed by atoms with E-state index in [-0.39, 0.29) is 23.0 Å². The van der Waals surface area contributed by atoms with Crippen LogP contribution in [0.3, 0.4) is 0 Å². The van der Waals surface area contributed by atoms with E-state index in [1.165, 1.54) is 19.4 Å². The SMILES string of the molecule is COc1cc(N2CCN(CCS(C)(=O)=O)CC2)c(Cl)cc1Nc1nccc(-c2c(-c3ccc(OC)c(C(=O)Nc4c(F)cccc4F)c3)nc3ccccn23)n1. The summed E-state index contributed by atoms with van der Waals surface area (Å²) in [5.74, 6) is -1.56. The summed E-state index contributed by atoms with van der Waals surface area (Å²) in [6.45, 7) is 3.20. The third-order valence-corrected chi connectivity index (χ3v) is 10.6. The van der Waals surface area contributed by atoms with Gasteiger partial charge in [0.15, 0.2) is 0 Å². The molecule has 4 heterocycles. The molecular formula is C39H37ClF2N8O5S. The fourth-order valence-electron chi connectivity index (χ4n) is 6.50. The van der Waals surface area contributed by atoms with Crippen molar-refractivity contribution >= 4 is 56.0 Å². The molecule has 17 heteroatoms. The highest BCUT2D eigenvalue weighted by Gasteiger charge is 2.24. The quantitative estimate of drug-likeness (QED) is 0.139. The minimum Gasteiger partial charge on any atom is -0.496 e. The topological polar surface area (TPSA) is 143 Å². The first kappa shape index (κ1) is 38.4. The molecular weight excluding hydrogens is 766 g/mol. The van der Waals surface area contributed by atoms with Crippen molar-refractivity contribution in [3.05, 3.63) is 107 Å². The van der Waals surface area contributed by atoms with Crippen molar-refractivity contribution in [3.63, 3.8) is 0 Å². The minimum atomic E-state index is -3.05. The fraction of sp³-hybridized carbons (Fsp3) is 0.231. The second-order valence-electron chi connectivity index (χ2n) is 13.1. The number of fused-ring (bicyclic) bond motifs is 1. The summed E-state index contributed by atoms with van der Waals surface area (Å²) in [4.78, 5) is 31.9. The highest BCUT2D eigenvalue weighted by Crippen LogP contribution is 2.39. The van der Waals surface area contributed by atoms with Crippen LogP contribution in [-0.4, -0.2) is 97.5 Å². The lowest BCUT2D eigenvalue weighted by molar-refractivity contribution is 0.102. The number of methoxy groups -OCH3 is 2. The monoisotopic (exact) mass is 802 g/mol. The number of hydrogen-bond donors (Lipinski definition) is 2. The van der Waals surface area contributed by atoms with E-state index in [0.717, 1.165) is 17.8 Å². The number of aromatic nitrogens is 4. The van der Waals surface area contributed by atoms with Gasteiger partial charge in [-0.15, -0.1) is 0 Å². The van der Waals surface area contributed by atoms with Crippen LogP contribution in [0.2, 0.25) is 5.02 Å². The summed E-state index contributed by atoms with van der Waals surface area (Å²) < 4.78 is 65.2. The Kier molecular flexibility index (Phi) is 11.0. The number of carbonyl (C=O) groups excluding carboxylic acids is 1. The summed E-state index contributed by atoms with van der Waals surface area (Å²) in [6.07, 6.45) is 4.67. The van der Waals surface area contributed by atoms with Gasteiger partial charge in [-0.1, -0.05) is 23.7 Å². The highest BCUT2D eigenvalue weighted by atomic mass is 35.5. The Morgan fingerprint density at radius 3 is 2.38 bits per heavy atom. The molecule has 2 N–H and O–H groups in total. The van der Waals surface area contributed by atoms with E-state index in [1.54, 1.807) is 43.6 Å². The Balaban J connectivity index is 1.18. The van der Waals surface area contributed by atoms with Crippen LogP contribution >= 0.6 is 11.6 Å². The number of amides is 1. The lowest BCUT2D eigenvalue weighted by atomic mass is 10.0. The van der Waals surface area contributed by atoms with Crippen molar-refractivity contribution in [1.29, 1.82) is 0 Å². The molecule has 13 nitrogen and oxygen atoms in total. The summed E-state index contributed by atoms with van der Waals surface area (Å²) >= 11 is 6.84. The zero-order valence-corrected chi connectivity index (χ0v) is 32.2. The molecule has 56 heavy (non-hydrogen) atoms. The second-order valence-corrected chi connectivity index (χ2v) is 15.7. The summed E-state index contributed by atoms with van der Waals surface area (Å²) in [5, 5.41) is 6.05. The molecule has 1 fully saturated rings. The van der Waals surface area contributed by atoms with Crippen molar-refractivity contribution in [2.75, 3.05) is 74.5 Å². The number of para-hydroxylation sites is 1. The van der Waals surface area contributed by atoms with Gasteiger partial charge in [-0.25, -0.2) is 32.2 Å². The van der Waals surface area contributed by atoms with Crippen LogP contribution in [0.25, 0.3) is 28.3 Å². The van der Waals surface area contributed by atoms with Gasteiger partial charge in [0.25, 0.3) is 5.91 Å². The fourth-order valence-corrected chi connectivity index (χ4v) is 7.38. The largest absolute Gasteiger partial charge is 0.496 e. The number of rotatable bonds is 12. The molecule has 3 aromatic carbocycles. The number of anilines is 4. The average Bonchev–Trinajstić information content (AvgIpc) is 3.58. The molecule has 0 saturated carbocycles. The summed E-state index contributed by atoms with van der Waals surface area (Å²) in [6, 6.07) is 19.0. The number of benzene rings is 3. The number of piperazine rings is 1. The molecule has 0 bridgehead atoms. The maximum absolute atomic E-state index is 14.5. The first-order chi connectivity index (χ1) is 26.9. The van der Waals surface area contributed by atoms with E-state index in [1.807, 2.05) is 34.9 Å². The summed E-state index contributed by atoms with van der Waals surface area (Å²) in [7, 11) is -0.0975. The molecule has 0 unspecified atom stereocenters. The molecule has 6 aromatic rings. The molecule has 0 spiro atoms. The molecule has 1 amide bonds. The number of halogens is 3. The van der Waals surface area contributed by atoms with Crippen LogP contribution in [0.15, 0.2) is 85.2 Å². The maximum atomic E-state index is 14.5. The molecule has 7 rings (SSSR count). The first-order valence-electron chi connectivity index (χ1n) is 17.5. The molecule has 1 aliphatic heterocycles. The minimum absolute atomic E-state index is 0.0296. The van der Waals surface area contributed by atoms with Crippen LogP contribution in [0, 0.1) is 11.6 Å². The van der Waals surface area contributed by atoms with Crippen LogP contribution in [0.5, 0.6) is 11.5 Å². The Labute approximate surface area is 326 Å². The van der Waals surface area contributed by atoms with Gasteiger partial charge in [-0.3, -0.25) is 14.1 Å². The number of ether oxygens (including phenoxy) is 2. The van der Waals surface area contributed by atoms with E-state index in [0.29, 0.717) is 77.5 Å². The van der Waals surface area contributed by atoms with E-state index in [2.05, 4.69) is 25.4 Å². The van der Waals surface area contributed by atoms with Crippen LogP contribution in [-0.2, 0) is 9.84 Å². The molecule has 0 atom stereocenters. The number of carbonyl (C=O) groups is 1. The van der Waals surface area contributed by atoms with Crippen molar-refractivity contribution in [1.82, 2.24) is 24.3 Å². The van der Waals surface area contributed by atoms with Gasteiger partial charge in [0.1, 0.15) is 44.3 Å². The zero-order valence-electron chi connectivity index (χ0n) is 30.6. The van der Waals surface area contributed by atoms with E-state index in [9.17, 15) is 22.0 Å². The van der Waals surface area contributed by atoms with E-state index in [4.69, 9.17) is 31.0 Å². The van der Waals surface area contributed by atoms with Crippen molar-refractivity contribution in [2.45, 2.75) is 0 Å². The third kappa shape index (κ3) is 8.22. The van der Waals surface area contributed by atoms with Crippen LogP contribution in [0.4, 0.5) is 31.8 Å². The Hall–Kier alpha value is -5.84. The van der Waals surface area contributed by atoms with Gasteiger partial charge < -0.3 is 25.0 Å². The predicted molar refractivity (Wildman–Crippen MR) is 212 cm³/mol. The van der Waals surface area contributed by atoms with Gasteiger partial charge in [0, 0.05) is 63.0 Å². The van der Waals surface area contributed by atoms with Gasteiger partial charge in [-0.2, -0.15) is 0 Å². The van der Waals surface area contributed by atoms with Gasteiger partial charge >= 0.3 is 0 Å². The van der Waals surface area contributed by atoms with Crippen molar-refractivity contribution < 1.29 is 31.5 Å². The van der Waals surface area contributed by atoms with E-state index >= 15 is 0 Å². The van der Waals surface area contributed by atoms with E-state index < -0.39 is 33.1 Å². The van der Waals surface area contributed by atoms with Crippen LogP contribution in [0.1, 0.15) is 10.4 Å². The number of pyridine rings is 1. The average molecular weight is 803 g/mol. The maximum Gasteiger partial charge on any atom is 0.259 e. The third-order valence-electron chi connectivity index (χ3n) is 9.35. The van der Waals surface area contributed by atoms with Gasteiger partial charge in [-0.05, 0) is 54.6 Å². The lowest BCUT2D eigenvalue weighted by Gasteiger charge is -2.36. The number of hydrogen-bond acceptors (Lipinski definition) is 11. The molecule has 1 saturated heterocycles. The highest BCUT2D eigenvalue weighted by molar-refractivity contribution is 7.90. The van der Waals surface area contributed by atoms with Gasteiger partial charge in [0.05, 0.1) is 59.0 Å². The van der Waals surface area contributed by atoms with Crippen molar-refractivity contribution in [2.24, 2.45) is 0 Å². The Morgan fingerprint density at radius 1 is 0.911 bits per heavy atom. The molecule has 290 valence electrons. The molecule has 3 aromatic heterocycles. The Bertz CT molecular complexity index is 2530. The number of nitrogens with zero attached hydrogens (tertiary/aromatic N) is 6. The lowest BCUT2D eigenvalue weighted by Crippen LogP contribution is -2.47. The van der Waals surface area contributed by atoms with Gasteiger partial charge in [0.2, 0.25) is 5.95 Å². The van der Waals surface area contributed by atoms with Crippen molar-refractivity contribution in [3.8, 4) is 34.1 Å². The summed E-state index contributed by atoms with van der Waals surface area (Å²) in [5.41, 5.74) is 3.42. The standard InChI is InChI=1S/C39H37ClF2N8O5S/c1-54-32-11-10-24(21-25(32)38(51)47-36-27(41)7-6-8-28(36)42)35-37(50-14-5-4-9-34(50)46-35)29-12-13-43-39(44-29)45-30-22-26(40)31(23-33(30)55-2)49-17-15-48(16-18-49)19-20-56(3,52)53/h4-14,21-23H,15-20H2,1-3H3,(H,47,51)(H,43,44,45). The molecule has 1 aliphatic rings. The number of nitrogens with one attached hydrogen (secondary N) is 2. The zero-order chi connectivity index (χ0) is 39.6. The number of imidazole rings is 1. The first-order valence-corrected chi connectivity index (χ1v) is 19.9. The molecule has 0 aliphatic carbocycles. The predicted octanol–water partition coefficient (Wildman–Crippen LogP) is 6.57. The smallest absolute Gasteiger partial charge is 0.259 e. The normalized spacial score (nSPS) is 13.5. The Morgan fingerprint density at radius 2 is 1.66 bits per heavy atom. The number of sulfone groups is 1.